The Kier molecular flexibility index (Phi) is 4.79. The van der Waals surface area contributed by atoms with Crippen LogP contribution in [0.1, 0.15) is 21.5 Å². The van der Waals surface area contributed by atoms with Crippen LogP contribution in [-0.2, 0) is 6.42 Å². The van der Waals surface area contributed by atoms with E-state index in [-0.39, 0.29) is 5.91 Å². The maximum absolute atomic E-state index is 12.2. The molecule has 0 fully saturated rings. The Morgan fingerprint density at radius 2 is 1.95 bits per heavy atom. The van der Waals surface area contributed by atoms with Crippen molar-refractivity contribution in [3.8, 4) is 0 Å². The molecule has 2 aromatic rings. The number of carbonyl (C=O) groups is 1. The van der Waals surface area contributed by atoms with E-state index in [1.165, 1.54) is 5.56 Å². The topological polar surface area (TPSA) is 55.1 Å². The quantitative estimate of drug-likeness (QED) is 0.844. The van der Waals surface area contributed by atoms with E-state index in [4.69, 9.17) is 5.73 Å². The number of anilines is 1. The predicted octanol–water partition coefficient (Wildman–Crippen LogP) is 3.31. The highest BCUT2D eigenvalue weighted by Crippen LogP contribution is 2.22. The van der Waals surface area contributed by atoms with Gasteiger partial charge in [0, 0.05) is 22.3 Å². The molecule has 3 nitrogen and oxygen atoms in total. The molecule has 0 unspecified atom stereocenters. The summed E-state index contributed by atoms with van der Waals surface area (Å²) >= 11 is 3.36. The lowest BCUT2D eigenvalue weighted by Crippen LogP contribution is -2.26. The molecule has 0 aliphatic carbocycles. The molecule has 0 bridgehead atoms. The molecule has 3 N–H and O–H groups in total. The van der Waals surface area contributed by atoms with E-state index in [2.05, 4.69) is 33.4 Å². The van der Waals surface area contributed by atoms with E-state index in [1.54, 1.807) is 12.1 Å². The number of halogens is 1. The Labute approximate surface area is 127 Å². The standard InChI is InChI=1S/C16H17BrN2O/c1-11-14(9-13(17)10-15(11)18)16(20)19-8-7-12-5-3-2-4-6-12/h2-6,9-10H,7-8,18H2,1H3,(H,19,20). The van der Waals surface area contributed by atoms with E-state index in [0.717, 1.165) is 16.5 Å². The van der Waals surface area contributed by atoms with E-state index in [9.17, 15) is 4.79 Å². The molecule has 0 radical (unpaired) electrons. The molecule has 0 spiro atoms. The molecule has 0 saturated heterocycles. The van der Waals surface area contributed by atoms with Gasteiger partial charge in [0.05, 0.1) is 0 Å². The number of rotatable bonds is 4. The molecule has 0 aliphatic heterocycles. The fourth-order valence-corrected chi connectivity index (χ4v) is 2.47. The van der Waals surface area contributed by atoms with Gasteiger partial charge in [-0.3, -0.25) is 4.79 Å². The van der Waals surface area contributed by atoms with Crippen LogP contribution in [0.25, 0.3) is 0 Å². The molecule has 0 atom stereocenters. The summed E-state index contributed by atoms with van der Waals surface area (Å²) in [6.07, 6.45) is 0.815. The Bertz CT molecular complexity index is 611. The van der Waals surface area contributed by atoms with Crippen LogP contribution >= 0.6 is 15.9 Å². The highest BCUT2D eigenvalue weighted by molar-refractivity contribution is 9.10. The second-order valence-corrected chi connectivity index (χ2v) is 5.57. The zero-order valence-corrected chi connectivity index (χ0v) is 12.9. The van der Waals surface area contributed by atoms with Crippen LogP contribution in [0.3, 0.4) is 0 Å². The highest BCUT2D eigenvalue weighted by Gasteiger charge is 2.11. The predicted molar refractivity (Wildman–Crippen MR) is 85.8 cm³/mol. The molecule has 1 amide bonds. The third-order valence-electron chi connectivity index (χ3n) is 3.20. The Morgan fingerprint density at radius 1 is 1.25 bits per heavy atom. The lowest BCUT2D eigenvalue weighted by Gasteiger charge is -2.10. The number of amides is 1. The van der Waals surface area contributed by atoms with Crippen LogP contribution in [0, 0.1) is 6.92 Å². The zero-order valence-electron chi connectivity index (χ0n) is 11.3. The van der Waals surface area contributed by atoms with Crippen molar-refractivity contribution in [1.82, 2.24) is 5.32 Å². The number of carbonyl (C=O) groups excluding carboxylic acids is 1. The van der Waals surface area contributed by atoms with Gasteiger partial charge in [-0.25, -0.2) is 0 Å². The first-order chi connectivity index (χ1) is 9.58. The first kappa shape index (κ1) is 14.6. The van der Waals surface area contributed by atoms with Crippen LogP contribution in [0.2, 0.25) is 0 Å². The molecule has 2 aromatic carbocycles. The largest absolute Gasteiger partial charge is 0.398 e. The molecule has 4 heteroatoms. The van der Waals surface area contributed by atoms with Gasteiger partial charge in [0.1, 0.15) is 0 Å². The van der Waals surface area contributed by atoms with Gasteiger partial charge in [-0.2, -0.15) is 0 Å². The molecule has 0 aliphatic rings. The van der Waals surface area contributed by atoms with Crippen molar-refractivity contribution in [3.63, 3.8) is 0 Å². The summed E-state index contributed by atoms with van der Waals surface area (Å²) in [7, 11) is 0. The fraction of sp³-hybridized carbons (Fsp3) is 0.188. The normalized spacial score (nSPS) is 10.3. The minimum Gasteiger partial charge on any atom is -0.398 e. The Morgan fingerprint density at radius 3 is 2.65 bits per heavy atom. The molecule has 0 aromatic heterocycles. The van der Waals surface area contributed by atoms with Crippen molar-refractivity contribution in [2.75, 3.05) is 12.3 Å². The van der Waals surface area contributed by atoms with E-state index < -0.39 is 0 Å². The van der Waals surface area contributed by atoms with Crippen LogP contribution in [0.5, 0.6) is 0 Å². The van der Waals surface area contributed by atoms with Crippen molar-refractivity contribution in [3.05, 3.63) is 63.6 Å². The molecular formula is C16H17BrN2O. The zero-order chi connectivity index (χ0) is 14.5. The van der Waals surface area contributed by atoms with E-state index >= 15 is 0 Å². The minimum absolute atomic E-state index is 0.0913. The van der Waals surface area contributed by atoms with E-state index in [1.807, 2.05) is 25.1 Å². The van der Waals surface area contributed by atoms with Crippen molar-refractivity contribution in [2.45, 2.75) is 13.3 Å². The van der Waals surface area contributed by atoms with Crippen molar-refractivity contribution in [2.24, 2.45) is 0 Å². The Balaban J connectivity index is 1.99. The summed E-state index contributed by atoms with van der Waals surface area (Å²) in [5, 5.41) is 2.93. The maximum Gasteiger partial charge on any atom is 0.251 e. The molecule has 2 rings (SSSR count). The number of nitrogens with one attached hydrogen (secondary N) is 1. The third kappa shape index (κ3) is 3.61. The number of nitrogen functional groups attached to an aromatic ring is 1. The average Bonchev–Trinajstić information content (AvgIpc) is 2.44. The maximum atomic E-state index is 12.2. The summed E-state index contributed by atoms with van der Waals surface area (Å²) in [4.78, 5) is 12.2. The van der Waals surface area contributed by atoms with Crippen LogP contribution in [0.4, 0.5) is 5.69 Å². The number of nitrogens with two attached hydrogens (primary N) is 1. The van der Waals surface area contributed by atoms with Gasteiger partial charge >= 0.3 is 0 Å². The third-order valence-corrected chi connectivity index (χ3v) is 3.66. The average molecular weight is 333 g/mol. The molecular weight excluding hydrogens is 316 g/mol. The first-order valence-corrected chi connectivity index (χ1v) is 7.25. The van der Waals surface area contributed by atoms with Crippen molar-refractivity contribution < 1.29 is 4.79 Å². The van der Waals surface area contributed by atoms with Crippen LogP contribution in [0.15, 0.2) is 46.9 Å². The lowest BCUT2D eigenvalue weighted by molar-refractivity contribution is 0.0953. The Hall–Kier alpha value is -1.81. The van der Waals surface area contributed by atoms with Crippen LogP contribution < -0.4 is 11.1 Å². The minimum atomic E-state index is -0.0913. The van der Waals surface area contributed by atoms with Gasteiger partial charge in [0.25, 0.3) is 5.91 Å². The number of hydrogen-bond donors (Lipinski definition) is 2. The van der Waals surface area contributed by atoms with Crippen molar-refractivity contribution >= 4 is 27.5 Å². The first-order valence-electron chi connectivity index (χ1n) is 6.45. The van der Waals surface area contributed by atoms with Crippen molar-refractivity contribution in [1.29, 1.82) is 0 Å². The SMILES string of the molecule is Cc1c(N)cc(Br)cc1C(=O)NCCc1ccccc1. The molecule has 0 saturated carbocycles. The summed E-state index contributed by atoms with van der Waals surface area (Å²) in [5.74, 6) is -0.0913. The second-order valence-electron chi connectivity index (χ2n) is 4.66. The summed E-state index contributed by atoms with van der Waals surface area (Å²) in [6.45, 7) is 2.46. The van der Waals surface area contributed by atoms with Gasteiger partial charge in [-0.05, 0) is 36.6 Å². The lowest BCUT2D eigenvalue weighted by atomic mass is 10.1. The van der Waals surface area contributed by atoms with Gasteiger partial charge in [0.15, 0.2) is 0 Å². The smallest absolute Gasteiger partial charge is 0.251 e. The van der Waals surface area contributed by atoms with Gasteiger partial charge < -0.3 is 11.1 Å². The monoisotopic (exact) mass is 332 g/mol. The van der Waals surface area contributed by atoms with Crippen LogP contribution in [-0.4, -0.2) is 12.5 Å². The highest BCUT2D eigenvalue weighted by atomic mass is 79.9. The molecule has 0 heterocycles. The van der Waals surface area contributed by atoms with Gasteiger partial charge in [-0.1, -0.05) is 46.3 Å². The van der Waals surface area contributed by atoms with Gasteiger partial charge in [0.2, 0.25) is 0 Å². The summed E-state index contributed by atoms with van der Waals surface area (Å²) in [5.41, 5.74) is 9.12. The fourth-order valence-electron chi connectivity index (χ4n) is 2.00. The van der Waals surface area contributed by atoms with Gasteiger partial charge in [-0.15, -0.1) is 0 Å². The molecule has 20 heavy (non-hydrogen) atoms. The van der Waals surface area contributed by atoms with E-state index in [0.29, 0.717) is 17.8 Å². The second kappa shape index (κ2) is 6.57. The number of hydrogen-bond acceptors (Lipinski definition) is 2. The summed E-state index contributed by atoms with van der Waals surface area (Å²) in [6, 6.07) is 13.7. The number of benzene rings is 2. The summed E-state index contributed by atoms with van der Waals surface area (Å²) < 4.78 is 0.814. The molecule has 104 valence electrons.